The summed E-state index contributed by atoms with van der Waals surface area (Å²) in [6.45, 7) is 3.82. The lowest BCUT2D eigenvalue weighted by Gasteiger charge is -2.26. The van der Waals surface area contributed by atoms with Gasteiger partial charge in [0.1, 0.15) is 12.4 Å². The molecule has 1 aromatic rings. The minimum Gasteiger partial charge on any atom is -0.480 e. The first-order valence-electron chi connectivity index (χ1n) is 4.61. The third kappa shape index (κ3) is 3.20. The molecule has 0 aliphatic carbocycles. The predicted octanol–water partition coefficient (Wildman–Crippen LogP) is 2.14. The highest BCUT2D eigenvalue weighted by molar-refractivity contribution is 9.10. The lowest BCUT2D eigenvalue weighted by atomic mass is 10.3. The molecule has 0 amide bonds. The summed E-state index contributed by atoms with van der Waals surface area (Å²) < 4.78 is 0.806. The summed E-state index contributed by atoms with van der Waals surface area (Å²) >= 11 is 3.36. The van der Waals surface area contributed by atoms with Gasteiger partial charge in [-0.2, -0.15) is 0 Å². The average molecular weight is 273 g/mol. The van der Waals surface area contributed by atoms with Gasteiger partial charge in [-0.1, -0.05) is 0 Å². The molecule has 1 aromatic heterocycles. The van der Waals surface area contributed by atoms with Crippen LogP contribution in [0.3, 0.4) is 0 Å². The Morgan fingerprint density at radius 3 is 2.80 bits per heavy atom. The Bertz CT molecular complexity index is 355. The monoisotopic (exact) mass is 272 g/mol. The number of halogens is 1. The molecule has 1 rings (SSSR count). The van der Waals surface area contributed by atoms with E-state index < -0.39 is 5.97 Å². The number of aromatic nitrogens is 1. The highest BCUT2D eigenvalue weighted by Crippen LogP contribution is 2.24. The molecule has 1 heterocycles. The lowest BCUT2D eigenvalue weighted by molar-refractivity contribution is -0.135. The fraction of sp³-hybridized carbons (Fsp3) is 0.400. The van der Waals surface area contributed by atoms with Crippen molar-refractivity contribution >= 4 is 27.7 Å². The smallest absolute Gasteiger partial charge is 0.323 e. The largest absolute Gasteiger partial charge is 0.480 e. The summed E-state index contributed by atoms with van der Waals surface area (Å²) in [4.78, 5) is 16.6. The van der Waals surface area contributed by atoms with Crippen molar-refractivity contribution in [1.29, 1.82) is 0 Å². The Balaban J connectivity index is 2.99. The Labute approximate surface area is 97.1 Å². The fourth-order valence-corrected chi connectivity index (χ4v) is 1.72. The van der Waals surface area contributed by atoms with Crippen molar-refractivity contribution in [3.05, 3.63) is 22.8 Å². The third-order valence-corrected chi connectivity index (χ3v) is 2.56. The van der Waals surface area contributed by atoms with E-state index >= 15 is 0 Å². The Hall–Kier alpha value is -1.10. The molecule has 15 heavy (non-hydrogen) atoms. The van der Waals surface area contributed by atoms with Crippen molar-refractivity contribution < 1.29 is 9.90 Å². The second-order valence-corrected chi connectivity index (χ2v) is 4.28. The molecule has 0 spiro atoms. The molecule has 0 aliphatic heterocycles. The topological polar surface area (TPSA) is 53.4 Å². The Morgan fingerprint density at radius 2 is 2.33 bits per heavy atom. The minimum atomic E-state index is -0.860. The van der Waals surface area contributed by atoms with Gasteiger partial charge < -0.3 is 10.0 Å². The summed E-state index contributed by atoms with van der Waals surface area (Å²) in [5.41, 5.74) is 0. The molecule has 0 atom stereocenters. The zero-order valence-corrected chi connectivity index (χ0v) is 10.2. The number of nitrogens with zero attached hydrogens (tertiary/aromatic N) is 2. The highest BCUT2D eigenvalue weighted by Gasteiger charge is 2.17. The van der Waals surface area contributed by atoms with Gasteiger partial charge in [-0.3, -0.25) is 4.79 Å². The van der Waals surface area contributed by atoms with Crippen LogP contribution in [0, 0.1) is 0 Å². The van der Waals surface area contributed by atoms with Crippen LogP contribution in [0.5, 0.6) is 0 Å². The summed E-state index contributed by atoms with van der Waals surface area (Å²) in [5.74, 6) is -0.198. The maximum Gasteiger partial charge on any atom is 0.323 e. The van der Waals surface area contributed by atoms with Crippen LogP contribution < -0.4 is 4.90 Å². The number of pyridine rings is 1. The van der Waals surface area contributed by atoms with Crippen LogP contribution in [-0.2, 0) is 4.79 Å². The number of aliphatic carboxylic acids is 1. The number of rotatable bonds is 4. The first kappa shape index (κ1) is 12.0. The summed E-state index contributed by atoms with van der Waals surface area (Å²) in [5, 5.41) is 8.80. The first-order chi connectivity index (χ1) is 7.02. The molecule has 0 aliphatic rings. The van der Waals surface area contributed by atoms with E-state index in [1.165, 1.54) is 0 Å². The van der Waals surface area contributed by atoms with E-state index in [0.29, 0.717) is 5.82 Å². The maximum atomic E-state index is 10.7. The van der Waals surface area contributed by atoms with E-state index in [4.69, 9.17) is 5.11 Å². The van der Waals surface area contributed by atoms with Crippen LogP contribution in [0.2, 0.25) is 0 Å². The van der Waals surface area contributed by atoms with Gasteiger partial charge in [-0.05, 0) is 41.9 Å². The second-order valence-electron chi connectivity index (χ2n) is 3.42. The van der Waals surface area contributed by atoms with Gasteiger partial charge in [0.05, 0.1) is 4.47 Å². The average Bonchev–Trinajstić information content (AvgIpc) is 2.15. The maximum absolute atomic E-state index is 10.7. The van der Waals surface area contributed by atoms with Crippen LogP contribution in [0.4, 0.5) is 5.82 Å². The Kier molecular flexibility index (Phi) is 4.08. The van der Waals surface area contributed by atoms with Gasteiger partial charge in [-0.15, -0.1) is 0 Å². The van der Waals surface area contributed by atoms with E-state index in [1.54, 1.807) is 17.2 Å². The van der Waals surface area contributed by atoms with Crippen molar-refractivity contribution in [3.63, 3.8) is 0 Å². The Morgan fingerprint density at radius 1 is 1.67 bits per heavy atom. The molecular weight excluding hydrogens is 260 g/mol. The number of hydrogen-bond donors (Lipinski definition) is 1. The van der Waals surface area contributed by atoms with Crippen molar-refractivity contribution in [2.75, 3.05) is 11.4 Å². The highest BCUT2D eigenvalue weighted by atomic mass is 79.9. The van der Waals surface area contributed by atoms with E-state index in [0.717, 1.165) is 4.47 Å². The van der Waals surface area contributed by atoms with Gasteiger partial charge in [0.25, 0.3) is 0 Å². The van der Waals surface area contributed by atoms with Gasteiger partial charge >= 0.3 is 5.97 Å². The summed E-state index contributed by atoms with van der Waals surface area (Å²) in [6.07, 6.45) is 1.65. The van der Waals surface area contributed by atoms with Crippen LogP contribution in [-0.4, -0.2) is 28.6 Å². The predicted molar refractivity (Wildman–Crippen MR) is 62.1 cm³/mol. The minimum absolute atomic E-state index is 0.0483. The van der Waals surface area contributed by atoms with Gasteiger partial charge in [0, 0.05) is 12.2 Å². The van der Waals surface area contributed by atoms with Crippen LogP contribution in [0.1, 0.15) is 13.8 Å². The lowest BCUT2D eigenvalue weighted by Crippen LogP contribution is -2.36. The van der Waals surface area contributed by atoms with Gasteiger partial charge in [0.2, 0.25) is 0 Å². The molecule has 0 fully saturated rings. The summed E-state index contributed by atoms with van der Waals surface area (Å²) in [6, 6.07) is 3.74. The molecule has 0 aromatic carbocycles. The van der Waals surface area contributed by atoms with E-state index in [-0.39, 0.29) is 12.6 Å². The molecule has 82 valence electrons. The van der Waals surface area contributed by atoms with Crippen molar-refractivity contribution in [2.45, 2.75) is 19.9 Å². The van der Waals surface area contributed by atoms with Crippen LogP contribution in [0.15, 0.2) is 22.8 Å². The fourth-order valence-electron chi connectivity index (χ4n) is 1.24. The molecule has 4 nitrogen and oxygen atoms in total. The van der Waals surface area contributed by atoms with Crippen molar-refractivity contribution in [2.24, 2.45) is 0 Å². The summed E-state index contributed by atoms with van der Waals surface area (Å²) in [7, 11) is 0. The number of hydrogen-bond acceptors (Lipinski definition) is 3. The zero-order valence-electron chi connectivity index (χ0n) is 8.64. The molecule has 0 saturated heterocycles. The SMILES string of the molecule is CC(C)N(CC(=O)O)c1ncccc1Br. The van der Waals surface area contributed by atoms with Gasteiger partial charge in [0.15, 0.2) is 0 Å². The second kappa shape index (κ2) is 5.11. The quantitative estimate of drug-likeness (QED) is 0.913. The van der Waals surface area contributed by atoms with Crippen molar-refractivity contribution in [1.82, 2.24) is 4.98 Å². The van der Waals surface area contributed by atoms with Crippen LogP contribution >= 0.6 is 15.9 Å². The van der Waals surface area contributed by atoms with Crippen LogP contribution in [0.25, 0.3) is 0 Å². The zero-order chi connectivity index (χ0) is 11.4. The van der Waals surface area contributed by atoms with E-state index in [9.17, 15) is 4.79 Å². The standard InChI is InChI=1S/C10H13BrN2O2/c1-7(2)13(6-9(14)15)10-8(11)4-3-5-12-10/h3-5,7H,6H2,1-2H3,(H,14,15). The third-order valence-electron chi connectivity index (χ3n) is 1.94. The molecule has 0 unspecified atom stereocenters. The van der Waals surface area contributed by atoms with Gasteiger partial charge in [-0.25, -0.2) is 4.98 Å². The number of carbonyl (C=O) groups is 1. The van der Waals surface area contributed by atoms with E-state index in [2.05, 4.69) is 20.9 Å². The number of anilines is 1. The van der Waals surface area contributed by atoms with Crippen molar-refractivity contribution in [3.8, 4) is 0 Å². The number of carboxylic acid groups (broad SMARTS) is 1. The molecular formula is C10H13BrN2O2. The van der Waals surface area contributed by atoms with E-state index in [1.807, 2.05) is 19.9 Å². The molecule has 0 bridgehead atoms. The molecule has 1 N–H and O–H groups in total. The molecule has 5 heteroatoms. The normalized spacial score (nSPS) is 10.4. The molecule has 0 saturated carbocycles. The first-order valence-corrected chi connectivity index (χ1v) is 5.40. The number of carboxylic acids is 1. The molecule has 0 radical (unpaired) electrons.